The highest BCUT2D eigenvalue weighted by molar-refractivity contribution is 5.46. The molecule has 2 rings (SSSR count). The van der Waals surface area contributed by atoms with Crippen LogP contribution in [0.25, 0.3) is 0 Å². The highest BCUT2D eigenvalue weighted by atomic mass is 15.2. The van der Waals surface area contributed by atoms with Gasteiger partial charge in [0.25, 0.3) is 0 Å². The fourth-order valence-corrected chi connectivity index (χ4v) is 2.96. The van der Waals surface area contributed by atoms with Crippen LogP contribution in [0.2, 0.25) is 0 Å². The number of likely N-dealkylation sites (N-methyl/N-ethyl adjacent to an activating group) is 1. The van der Waals surface area contributed by atoms with Gasteiger partial charge in [-0.2, -0.15) is 0 Å². The maximum Gasteiger partial charge on any atom is 0.0471 e. The summed E-state index contributed by atoms with van der Waals surface area (Å²) in [5.41, 5.74) is 8.60. The molecule has 2 atom stereocenters. The van der Waals surface area contributed by atoms with Gasteiger partial charge in [-0.05, 0) is 38.2 Å². The van der Waals surface area contributed by atoms with E-state index in [1.807, 2.05) is 0 Å². The second-order valence-corrected chi connectivity index (χ2v) is 6.14. The van der Waals surface area contributed by atoms with Gasteiger partial charge in [0.05, 0.1) is 0 Å². The van der Waals surface area contributed by atoms with Gasteiger partial charge in [-0.3, -0.25) is 4.90 Å². The number of likely N-dealkylation sites (tertiary alicyclic amines) is 1. The monoisotopic (exact) mass is 276 g/mol. The lowest BCUT2D eigenvalue weighted by Crippen LogP contribution is -2.36. The molecule has 0 aromatic heterocycles. The number of nitrogens with zero attached hydrogens (tertiary/aromatic N) is 3. The Kier molecular flexibility index (Phi) is 5.02. The van der Waals surface area contributed by atoms with Gasteiger partial charge in [0.15, 0.2) is 0 Å². The lowest BCUT2D eigenvalue weighted by molar-refractivity contribution is 0.220. The minimum absolute atomic E-state index is 0.344. The molecule has 0 aliphatic carbocycles. The van der Waals surface area contributed by atoms with Gasteiger partial charge in [0.1, 0.15) is 0 Å². The van der Waals surface area contributed by atoms with Crippen LogP contribution in [0.4, 0.5) is 5.69 Å². The summed E-state index contributed by atoms with van der Waals surface area (Å²) in [5, 5.41) is 0. The van der Waals surface area contributed by atoms with Crippen molar-refractivity contribution >= 4 is 5.69 Å². The number of benzene rings is 1. The van der Waals surface area contributed by atoms with Crippen molar-refractivity contribution < 1.29 is 0 Å². The molecule has 0 spiro atoms. The Morgan fingerprint density at radius 3 is 2.30 bits per heavy atom. The molecule has 0 radical (unpaired) electrons. The average Bonchev–Trinajstić information content (AvgIpc) is 2.90. The van der Waals surface area contributed by atoms with Gasteiger partial charge in [-0.25, -0.2) is 0 Å². The molecule has 2 N–H and O–H groups in total. The summed E-state index contributed by atoms with van der Waals surface area (Å²) < 4.78 is 0. The fraction of sp³-hybridized carbons (Fsp3) is 0.625. The van der Waals surface area contributed by atoms with Gasteiger partial charge in [0.2, 0.25) is 0 Å². The number of hydrogen-bond donors (Lipinski definition) is 1. The molecule has 20 heavy (non-hydrogen) atoms. The third-order valence-corrected chi connectivity index (χ3v) is 4.38. The van der Waals surface area contributed by atoms with Crippen LogP contribution >= 0.6 is 0 Å². The van der Waals surface area contributed by atoms with E-state index < -0.39 is 0 Å². The smallest absolute Gasteiger partial charge is 0.0471 e. The van der Waals surface area contributed by atoms with Crippen molar-refractivity contribution in [3.05, 3.63) is 29.8 Å². The van der Waals surface area contributed by atoms with Crippen LogP contribution in [0.5, 0.6) is 0 Å². The first-order valence-electron chi connectivity index (χ1n) is 7.40. The Balaban J connectivity index is 2.08. The highest BCUT2D eigenvalue weighted by Gasteiger charge is 2.29. The first kappa shape index (κ1) is 15.3. The van der Waals surface area contributed by atoms with E-state index in [-0.39, 0.29) is 0 Å². The molecule has 2 unspecified atom stereocenters. The van der Waals surface area contributed by atoms with Crippen molar-refractivity contribution in [3.63, 3.8) is 0 Å². The van der Waals surface area contributed by atoms with Crippen LogP contribution < -0.4 is 10.6 Å². The third-order valence-electron chi connectivity index (χ3n) is 4.38. The van der Waals surface area contributed by atoms with Crippen molar-refractivity contribution in [1.82, 2.24) is 9.80 Å². The molecule has 1 fully saturated rings. The molecule has 0 amide bonds. The molecule has 1 aliphatic heterocycles. The Morgan fingerprint density at radius 2 is 1.85 bits per heavy atom. The molecule has 112 valence electrons. The molecule has 1 aliphatic rings. The van der Waals surface area contributed by atoms with E-state index >= 15 is 0 Å². The van der Waals surface area contributed by atoms with Crippen LogP contribution in [0.1, 0.15) is 18.0 Å². The van der Waals surface area contributed by atoms with E-state index in [1.54, 1.807) is 0 Å². The fourth-order valence-electron chi connectivity index (χ4n) is 2.96. The molecular formula is C16H28N4. The van der Waals surface area contributed by atoms with Crippen LogP contribution in [-0.2, 0) is 0 Å². The summed E-state index contributed by atoms with van der Waals surface area (Å²) in [6, 6.07) is 9.79. The third kappa shape index (κ3) is 3.32. The largest absolute Gasteiger partial charge is 0.378 e. The Labute approximate surface area is 123 Å². The van der Waals surface area contributed by atoms with Crippen molar-refractivity contribution in [2.45, 2.75) is 18.5 Å². The van der Waals surface area contributed by atoms with Gasteiger partial charge < -0.3 is 15.5 Å². The molecule has 0 bridgehead atoms. The molecular weight excluding hydrogens is 248 g/mol. The number of hydrogen-bond acceptors (Lipinski definition) is 4. The van der Waals surface area contributed by atoms with Crippen LogP contribution in [-0.4, -0.2) is 63.7 Å². The summed E-state index contributed by atoms with van der Waals surface area (Å²) in [4.78, 5) is 6.97. The zero-order chi connectivity index (χ0) is 14.7. The minimum Gasteiger partial charge on any atom is -0.378 e. The minimum atomic E-state index is 0.344. The molecule has 1 heterocycles. The van der Waals surface area contributed by atoms with Crippen molar-refractivity contribution in [2.24, 2.45) is 5.73 Å². The van der Waals surface area contributed by atoms with Crippen LogP contribution in [0.3, 0.4) is 0 Å². The first-order chi connectivity index (χ1) is 9.52. The number of nitrogens with two attached hydrogens (primary N) is 1. The SMILES string of the molecule is CN(C)c1ccc(C(CN)N2CCC(N(C)C)C2)cc1. The number of anilines is 1. The van der Waals surface area contributed by atoms with E-state index in [4.69, 9.17) is 5.73 Å². The standard InChI is InChI=1S/C16H28N4/c1-18(2)14-7-5-13(6-8-14)16(11-17)20-10-9-15(12-20)19(3)4/h5-8,15-16H,9-12,17H2,1-4H3. The molecule has 4 heteroatoms. The van der Waals surface area contributed by atoms with Crippen molar-refractivity contribution in [3.8, 4) is 0 Å². The lowest BCUT2D eigenvalue weighted by Gasteiger charge is -2.28. The summed E-state index contributed by atoms with van der Waals surface area (Å²) >= 11 is 0. The summed E-state index contributed by atoms with van der Waals surface area (Å²) in [6.07, 6.45) is 1.24. The zero-order valence-corrected chi connectivity index (χ0v) is 13.2. The van der Waals surface area contributed by atoms with Crippen molar-refractivity contribution in [1.29, 1.82) is 0 Å². The molecule has 1 aromatic rings. The molecule has 4 nitrogen and oxygen atoms in total. The maximum absolute atomic E-state index is 6.04. The van der Waals surface area contributed by atoms with E-state index in [0.717, 1.165) is 13.1 Å². The Morgan fingerprint density at radius 1 is 1.20 bits per heavy atom. The second kappa shape index (κ2) is 6.57. The van der Waals surface area contributed by atoms with Crippen LogP contribution in [0, 0.1) is 0 Å². The highest BCUT2D eigenvalue weighted by Crippen LogP contribution is 2.27. The molecule has 1 saturated heterocycles. The topological polar surface area (TPSA) is 35.7 Å². The molecule has 0 saturated carbocycles. The summed E-state index contributed by atoms with van der Waals surface area (Å²) in [5.74, 6) is 0. The normalized spacial score (nSPS) is 21.4. The van der Waals surface area contributed by atoms with Gasteiger partial charge in [0, 0.05) is 51.5 Å². The quantitative estimate of drug-likeness (QED) is 0.881. The van der Waals surface area contributed by atoms with Crippen LogP contribution in [0.15, 0.2) is 24.3 Å². The second-order valence-electron chi connectivity index (χ2n) is 6.14. The molecule has 1 aromatic carbocycles. The lowest BCUT2D eigenvalue weighted by atomic mass is 10.1. The van der Waals surface area contributed by atoms with Gasteiger partial charge >= 0.3 is 0 Å². The van der Waals surface area contributed by atoms with Gasteiger partial charge in [-0.1, -0.05) is 12.1 Å². The predicted molar refractivity (Wildman–Crippen MR) is 86.2 cm³/mol. The van der Waals surface area contributed by atoms with E-state index in [2.05, 4.69) is 67.2 Å². The first-order valence-corrected chi connectivity index (χ1v) is 7.40. The Hall–Kier alpha value is -1.10. The van der Waals surface area contributed by atoms with Gasteiger partial charge in [-0.15, -0.1) is 0 Å². The zero-order valence-electron chi connectivity index (χ0n) is 13.2. The van der Waals surface area contributed by atoms with E-state index in [1.165, 1.54) is 17.7 Å². The average molecular weight is 276 g/mol. The number of rotatable bonds is 5. The maximum atomic E-state index is 6.04. The predicted octanol–water partition coefficient (Wildman–Crippen LogP) is 1.39. The summed E-state index contributed by atoms with van der Waals surface area (Å²) in [7, 11) is 8.46. The Bertz CT molecular complexity index is 413. The summed E-state index contributed by atoms with van der Waals surface area (Å²) in [6.45, 7) is 2.94. The van der Waals surface area contributed by atoms with E-state index in [0.29, 0.717) is 18.6 Å². The van der Waals surface area contributed by atoms with E-state index in [9.17, 15) is 0 Å². The van der Waals surface area contributed by atoms with Crippen molar-refractivity contribution in [2.75, 3.05) is 52.7 Å².